The first-order valence-electron chi connectivity index (χ1n) is 4.31. The highest BCUT2D eigenvalue weighted by Crippen LogP contribution is 2.66. The highest BCUT2D eigenvalue weighted by molar-refractivity contribution is 5.48. The van der Waals surface area contributed by atoms with Crippen LogP contribution in [0.3, 0.4) is 0 Å². The minimum Gasteiger partial charge on any atom is -0.0882 e. The zero-order valence-electron chi connectivity index (χ0n) is 6.14. The van der Waals surface area contributed by atoms with Crippen LogP contribution >= 0.6 is 0 Å². The first kappa shape index (κ1) is 5.17. The second-order valence-corrected chi connectivity index (χ2v) is 3.82. The summed E-state index contributed by atoms with van der Waals surface area (Å²) in [6, 6.07) is 0. The number of hydrogen-bond acceptors (Lipinski definition) is 0. The molecule has 0 amide bonds. The van der Waals surface area contributed by atoms with E-state index in [4.69, 9.17) is 0 Å². The van der Waals surface area contributed by atoms with Crippen molar-refractivity contribution >= 4 is 0 Å². The molecule has 3 aliphatic carbocycles. The van der Waals surface area contributed by atoms with Crippen molar-refractivity contribution in [1.82, 2.24) is 0 Å². The van der Waals surface area contributed by atoms with Crippen LogP contribution in [0.15, 0.2) is 23.8 Å². The molecule has 1 saturated carbocycles. The van der Waals surface area contributed by atoms with Crippen molar-refractivity contribution in [3.8, 4) is 0 Å². The molecule has 0 aromatic heterocycles. The predicted octanol–water partition coefficient (Wildman–Crippen LogP) is 2.67. The normalized spacial score (nSPS) is 48.0. The minimum atomic E-state index is 0.674. The van der Waals surface area contributed by atoms with Crippen LogP contribution in [0.1, 0.15) is 25.7 Å². The van der Waals surface area contributed by atoms with Crippen LogP contribution < -0.4 is 0 Å². The summed E-state index contributed by atoms with van der Waals surface area (Å²) in [6.07, 6.45) is 12.9. The lowest BCUT2D eigenvalue weighted by Crippen LogP contribution is -2.22. The van der Waals surface area contributed by atoms with Crippen LogP contribution in [0, 0.1) is 11.3 Å². The van der Waals surface area contributed by atoms with E-state index in [1.165, 1.54) is 25.7 Å². The third kappa shape index (κ3) is 0.416. The zero-order valence-corrected chi connectivity index (χ0v) is 6.14. The molecule has 0 spiro atoms. The lowest BCUT2D eigenvalue weighted by Gasteiger charge is -2.31. The summed E-state index contributed by atoms with van der Waals surface area (Å²) in [5, 5.41) is 0. The Kier molecular flexibility index (Phi) is 0.719. The van der Waals surface area contributed by atoms with Crippen molar-refractivity contribution in [3.05, 3.63) is 23.8 Å². The SMILES string of the molecule is C1=C[C@@H](C23C=C2CC3)CC1. The number of allylic oxidation sites excluding steroid dienone is 4. The van der Waals surface area contributed by atoms with Crippen molar-refractivity contribution < 1.29 is 0 Å². The minimum absolute atomic E-state index is 0.674. The quantitative estimate of drug-likeness (QED) is 0.481. The Hall–Kier alpha value is -0.520. The smallest absolute Gasteiger partial charge is 0.0160 e. The molecule has 0 heterocycles. The molecule has 0 aliphatic heterocycles. The zero-order chi connectivity index (χ0) is 6.60. The first-order chi connectivity index (χ1) is 4.92. The van der Waals surface area contributed by atoms with Gasteiger partial charge in [-0.2, -0.15) is 0 Å². The number of rotatable bonds is 1. The fourth-order valence-corrected chi connectivity index (χ4v) is 2.57. The Bertz CT molecular complexity index is 234. The van der Waals surface area contributed by atoms with Gasteiger partial charge in [0, 0.05) is 5.41 Å². The third-order valence-corrected chi connectivity index (χ3v) is 3.43. The maximum atomic E-state index is 2.51. The van der Waals surface area contributed by atoms with Crippen molar-refractivity contribution in [1.29, 1.82) is 0 Å². The maximum Gasteiger partial charge on any atom is 0.0160 e. The summed E-state index contributed by atoms with van der Waals surface area (Å²) in [4.78, 5) is 0. The van der Waals surface area contributed by atoms with E-state index in [0.717, 1.165) is 5.92 Å². The third-order valence-electron chi connectivity index (χ3n) is 3.43. The van der Waals surface area contributed by atoms with E-state index in [2.05, 4.69) is 18.2 Å². The Morgan fingerprint density at radius 2 is 2.50 bits per heavy atom. The van der Waals surface area contributed by atoms with Gasteiger partial charge >= 0.3 is 0 Å². The fraction of sp³-hybridized carbons (Fsp3) is 0.600. The van der Waals surface area contributed by atoms with Crippen molar-refractivity contribution in [2.75, 3.05) is 0 Å². The lowest BCUT2D eigenvalue weighted by molar-refractivity contribution is 0.306. The monoisotopic (exact) mass is 132 g/mol. The Labute approximate surface area is 61.6 Å². The molecule has 1 fully saturated rings. The molecule has 52 valence electrons. The molecule has 0 aromatic rings. The summed E-state index contributed by atoms with van der Waals surface area (Å²) >= 11 is 0. The molecule has 0 heteroatoms. The number of fused-ring (bicyclic) bond motifs is 1. The largest absolute Gasteiger partial charge is 0.0882 e. The molecular formula is C10H12. The predicted molar refractivity (Wildman–Crippen MR) is 41.6 cm³/mol. The van der Waals surface area contributed by atoms with Gasteiger partial charge in [-0.05, 0) is 31.6 Å². The highest BCUT2D eigenvalue weighted by atomic mass is 14.6. The van der Waals surface area contributed by atoms with E-state index >= 15 is 0 Å². The topological polar surface area (TPSA) is 0 Å². The Morgan fingerprint density at radius 3 is 2.90 bits per heavy atom. The van der Waals surface area contributed by atoms with Crippen molar-refractivity contribution in [2.45, 2.75) is 25.7 Å². The van der Waals surface area contributed by atoms with Gasteiger partial charge < -0.3 is 0 Å². The molecule has 1 unspecified atom stereocenters. The maximum absolute atomic E-state index is 2.51. The molecule has 0 bridgehead atoms. The molecule has 2 atom stereocenters. The van der Waals surface area contributed by atoms with Gasteiger partial charge in [-0.1, -0.05) is 23.8 Å². The summed E-state index contributed by atoms with van der Waals surface area (Å²) in [7, 11) is 0. The first-order valence-corrected chi connectivity index (χ1v) is 4.31. The van der Waals surface area contributed by atoms with Crippen LogP contribution in [-0.2, 0) is 0 Å². The van der Waals surface area contributed by atoms with Gasteiger partial charge in [-0.25, -0.2) is 0 Å². The van der Waals surface area contributed by atoms with E-state index in [1.807, 2.05) is 0 Å². The van der Waals surface area contributed by atoms with Gasteiger partial charge in [0.25, 0.3) is 0 Å². The summed E-state index contributed by atoms with van der Waals surface area (Å²) < 4.78 is 0. The lowest BCUT2D eigenvalue weighted by atomic mass is 9.72. The summed E-state index contributed by atoms with van der Waals surface area (Å²) in [5.41, 5.74) is 2.44. The molecule has 0 nitrogen and oxygen atoms in total. The van der Waals surface area contributed by atoms with Crippen LogP contribution in [0.25, 0.3) is 0 Å². The van der Waals surface area contributed by atoms with Gasteiger partial charge in [-0.15, -0.1) is 0 Å². The van der Waals surface area contributed by atoms with Crippen LogP contribution in [-0.4, -0.2) is 0 Å². The Balaban J connectivity index is 1.84. The Morgan fingerprint density at radius 1 is 1.50 bits per heavy atom. The average Bonchev–Trinajstić information content (AvgIpc) is 2.40. The van der Waals surface area contributed by atoms with Crippen LogP contribution in [0.5, 0.6) is 0 Å². The van der Waals surface area contributed by atoms with Crippen LogP contribution in [0.4, 0.5) is 0 Å². The number of hydrogen-bond donors (Lipinski definition) is 0. The van der Waals surface area contributed by atoms with E-state index in [0.29, 0.717) is 5.41 Å². The van der Waals surface area contributed by atoms with Crippen molar-refractivity contribution in [2.24, 2.45) is 11.3 Å². The standard InChI is InChI=1S/C10H12/c1-2-4-8(3-1)10-6-5-9(10)7-10/h1,3,7-8H,2,4-6H2/t8-,10?/m1/s1. The molecule has 0 N–H and O–H groups in total. The second-order valence-electron chi connectivity index (χ2n) is 3.82. The molecule has 0 radical (unpaired) electrons. The average molecular weight is 132 g/mol. The molecule has 0 saturated heterocycles. The van der Waals surface area contributed by atoms with Gasteiger partial charge in [0.2, 0.25) is 0 Å². The molecular weight excluding hydrogens is 120 g/mol. The van der Waals surface area contributed by atoms with Gasteiger partial charge in [-0.3, -0.25) is 0 Å². The molecule has 3 rings (SSSR count). The van der Waals surface area contributed by atoms with Gasteiger partial charge in [0.05, 0.1) is 0 Å². The van der Waals surface area contributed by atoms with E-state index in [1.54, 1.807) is 5.57 Å². The van der Waals surface area contributed by atoms with Crippen molar-refractivity contribution in [3.63, 3.8) is 0 Å². The highest BCUT2D eigenvalue weighted by Gasteiger charge is 2.55. The van der Waals surface area contributed by atoms with E-state index in [-0.39, 0.29) is 0 Å². The summed E-state index contributed by atoms with van der Waals surface area (Å²) in [5.74, 6) is 0.913. The second kappa shape index (κ2) is 1.39. The van der Waals surface area contributed by atoms with Gasteiger partial charge in [0.1, 0.15) is 0 Å². The van der Waals surface area contributed by atoms with Gasteiger partial charge in [0.15, 0.2) is 0 Å². The fourth-order valence-electron chi connectivity index (χ4n) is 2.57. The van der Waals surface area contributed by atoms with E-state index in [9.17, 15) is 0 Å². The van der Waals surface area contributed by atoms with E-state index < -0.39 is 0 Å². The molecule has 10 heavy (non-hydrogen) atoms. The van der Waals surface area contributed by atoms with Crippen LogP contribution in [0.2, 0.25) is 0 Å². The molecule has 0 aromatic carbocycles. The molecule has 3 aliphatic rings. The summed E-state index contributed by atoms with van der Waals surface area (Å²) in [6.45, 7) is 0.